The average molecular weight is 148 g/mol. The summed E-state index contributed by atoms with van der Waals surface area (Å²) in [5.41, 5.74) is 0.713. The van der Waals surface area contributed by atoms with E-state index in [1.165, 1.54) is 0 Å². The van der Waals surface area contributed by atoms with E-state index in [0.29, 0.717) is 11.7 Å². The predicted molar refractivity (Wildman–Crippen MR) is 45.2 cm³/mol. The van der Waals surface area contributed by atoms with Gasteiger partial charge in [0.1, 0.15) is 5.69 Å². The van der Waals surface area contributed by atoms with Crippen LogP contribution in [0.5, 0.6) is 0 Å². The van der Waals surface area contributed by atoms with Crippen LogP contribution in [-0.2, 0) is 0 Å². The first-order chi connectivity index (χ1) is 5.27. The summed E-state index contributed by atoms with van der Waals surface area (Å²) >= 11 is 0. The van der Waals surface area contributed by atoms with E-state index in [2.05, 4.69) is 24.9 Å². The molecule has 0 aliphatic carbocycles. The molecule has 0 aliphatic heterocycles. The molecule has 1 aromatic heterocycles. The number of terminal acetylenes is 1. The molecule has 1 heterocycles. The summed E-state index contributed by atoms with van der Waals surface area (Å²) in [5, 5.41) is 4.18. The zero-order valence-electron chi connectivity index (χ0n) is 6.91. The van der Waals surface area contributed by atoms with Gasteiger partial charge in [-0.05, 0) is 25.3 Å². The molecule has 0 radical (unpaired) electrons. The minimum absolute atomic E-state index is 0.442. The maximum atomic E-state index is 5.18. The van der Waals surface area contributed by atoms with Crippen molar-refractivity contribution in [3.05, 3.63) is 18.0 Å². The fourth-order valence-corrected chi connectivity index (χ4v) is 0.848. The Hall–Kier alpha value is -1.23. The van der Waals surface area contributed by atoms with Crippen LogP contribution in [0.1, 0.15) is 32.0 Å². The van der Waals surface area contributed by atoms with Gasteiger partial charge in [0.25, 0.3) is 0 Å². The van der Waals surface area contributed by atoms with E-state index in [1.807, 2.05) is 16.9 Å². The standard InChI is InChI=1S/C9H12N2/c1-4-8(3)11-7-6-9(5-2)10-11/h2,6-8H,4H2,1,3H3/t8-/m0/s1. The van der Waals surface area contributed by atoms with Crippen molar-refractivity contribution in [2.24, 2.45) is 0 Å². The van der Waals surface area contributed by atoms with Crippen molar-refractivity contribution in [1.82, 2.24) is 9.78 Å². The third kappa shape index (κ3) is 1.62. The van der Waals surface area contributed by atoms with Crippen LogP contribution in [0, 0.1) is 12.3 Å². The van der Waals surface area contributed by atoms with Crippen molar-refractivity contribution < 1.29 is 0 Å². The summed E-state index contributed by atoms with van der Waals surface area (Å²) in [4.78, 5) is 0. The zero-order chi connectivity index (χ0) is 8.27. The Morgan fingerprint density at radius 3 is 3.00 bits per heavy atom. The first kappa shape index (κ1) is 7.87. The Morgan fingerprint density at radius 1 is 1.82 bits per heavy atom. The largest absolute Gasteiger partial charge is 0.269 e. The highest BCUT2D eigenvalue weighted by Crippen LogP contribution is 2.08. The Balaban J connectivity index is 2.82. The summed E-state index contributed by atoms with van der Waals surface area (Å²) in [6.45, 7) is 4.25. The van der Waals surface area contributed by atoms with Gasteiger partial charge in [0.2, 0.25) is 0 Å². The lowest BCUT2D eigenvalue weighted by molar-refractivity contribution is 0.477. The van der Waals surface area contributed by atoms with Crippen LogP contribution in [0.15, 0.2) is 12.3 Å². The van der Waals surface area contributed by atoms with Gasteiger partial charge in [0.15, 0.2) is 0 Å². The van der Waals surface area contributed by atoms with Crippen LogP contribution in [0.3, 0.4) is 0 Å². The summed E-state index contributed by atoms with van der Waals surface area (Å²) in [5.74, 6) is 2.49. The van der Waals surface area contributed by atoms with Crippen LogP contribution in [0.4, 0.5) is 0 Å². The van der Waals surface area contributed by atoms with Gasteiger partial charge in [-0.25, -0.2) is 0 Å². The normalized spacial score (nSPS) is 12.5. The van der Waals surface area contributed by atoms with Gasteiger partial charge in [-0.1, -0.05) is 6.92 Å². The van der Waals surface area contributed by atoms with Crippen molar-refractivity contribution in [2.45, 2.75) is 26.3 Å². The highest BCUT2D eigenvalue weighted by molar-refractivity contribution is 5.21. The van der Waals surface area contributed by atoms with E-state index in [9.17, 15) is 0 Å². The molecule has 1 aromatic rings. The third-order valence-corrected chi connectivity index (χ3v) is 1.80. The molecule has 0 N–H and O–H groups in total. The van der Waals surface area contributed by atoms with Gasteiger partial charge in [-0.3, -0.25) is 4.68 Å². The second-order valence-corrected chi connectivity index (χ2v) is 2.58. The maximum Gasteiger partial charge on any atom is 0.134 e. The molecule has 0 aromatic carbocycles. The smallest absolute Gasteiger partial charge is 0.134 e. The second kappa shape index (κ2) is 3.25. The van der Waals surface area contributed by atoms with Gasteiger partial charge < -0.3 is 0 Å². The summed E-state index contributed by atoms with van der Waals surface area (Å²) < 4.78 is 1.90. The first-order valence-electron chi connectivity index (χ1n) is 3.79. The van der Waals surface area contributed by atoms with Gasteiger partial charge in [-0.15, -0.1) is 6.42 Å². The zero-order valence-corrected chi connectivity index (χ0v) is 6.91. The van der Waals surface area contributed by atoms with Crippen LogP contribution in [-0.4, -0.2) is 9.78 Å². The minimum atomic E-state index is 0.442. The predicted octanol–water partition coefficient (Wildman–Crippen LogP) is 1.84. The lowest BCUT2D eigenvalue weighted by Crippen LogP contribution is -2.04. The van der Waals surface area contributed by atoms with E-state index in [4.69, 9.17) is 6.42 Å². The minimum Gasteiger partial charge on any atom is -0.269 e. The SMILES string of the molecule is C#Cc1ccn([C@@H](C)CC)n1. The van der Waals surface area contributed by atoms with Crippen LogP contribution >= 0.6 is 0 Å². The van der Waals surface area contributed by atoms with E-state index in [1.54, 1.807) is 0 Å². The molecule has 1 rings (SSSR count). The van der Waals surface area contributed by atoms with Crippen molar-refractivity contribution >= 4 is 0 Å². The van der Waals surface area contributed by atoms with Crippen LogP contribution in [0.25, 0.3) is 0 Å². The van der Waals surface area contributed by atoms with Crippen molar-refractivity contribution in [3.8, 4) is 12.3 Å². The number of aromatic nitrogens is 2. The van der Waals surface area contributed by atoms with Gasteiger partial charge in [-0.2, -0.15) is 5.10 Å². The maximum absolute atomic E-state index is 5.18. The number of rotatable bonds is 2. The Bertz CT molecular complexity index is 267. The quantitative estimate of drug-likeness (QED) is 0.585. The average Bonchev–Trinajstić information content (AvgIpc) is 2.50. The molecule has 2 heteroatoms. The molecule has 0 saturated heterocycles. The Labute approximate surface area is 67.2 Å². The summed E-state index contributed by atoms with van der Waals surface area (Å²) in [6.07, 6.45) is 8.17. The van der Waals surface area contributed by atoms with Gasteiger partial charge >= 0.3 is 0 Å². The fraction of sp³-hybridized carbons (Fsp3) is 0.444. The van der Waals surface area contributed by atoms with E-state index < -0.39 is 0 Å². The first-order valence-corrected chi connectivity index (χ1v) is 3.79. The van der Waals surface area contributed by atoms with Gasteiger partial charge in [0.05, 0.1) is 0 Å². The summed E-state index contributed by atoms with van der Waals surface area (Å²) in [6, 6.07) is 2.30. The number of nitrogens with zero attached hydrogens (tertiary/aromatic N) is 2. The van der Waals surface area contributed by atoms with Crippen LogP contribution in [0.2, 0.25) is 0 Å². The second-order valence-electron chi connectivity index (χ2n) is 2.58. The summed E-state index contributed by atoms with van der Waals surface area (Å²) in [7, 11) is 0. The van der Waals surface area contributed by atoms with E-state index in [0.717, 1.165) is 6.42 Å². The molecule has 0 fully saturated rings. The molecular weight excluding hydrogens is 136 g/mol. The molecule has 11 heavy (non-hydrogen) atoms. The third-order valence-electron chi connectivity index (χ3n) is 1.80. The molecule has 58 valence electrons. The van der Waals surface area contributed by atoms with Crippen LogP contribution < -0.4 is 0 Å². The van der Waals surface area contributed by atoms with E-state index in [-0.39, 0.29) is 0 Å². The van der Waals surface area contributed by atoms with E-state index >= 15 is 0 Å². The highest BCUT2D eigenvalue weighted by atomic mass is 15.3. The molecule has 0 bridgehead atoms. The monoisotopic (exact) mass is 148 g/mol. The van der Waals surface area contributed by atoms with Crippen molar-refractivity contribution in [2.75, 3.05) is 0 Å². The molecule has 1 atom stereocenters. The molecule has 0 unspecified atom stereocenters. The lowest BCUT2D eigenvalue weighted by Gasteiger charge is -2.07. The van der Waals surface area contributed by atoms with Crippen molar-refractivity contribution in [3.63, 3.8) is 0 Å². The lowest BCUT2D eigenvalue weighted by atomic mass is 10.3. The topological polar surface area (TPSA) is 17.8 Å². The highest BCUT2D eigenvalue weighted by Gasteiger charge is 2.01. The molecule has 0 spiro atoms. The molecule has 0 amide bonds. The molecule has 2 nitrogen and oxygen atoms in total. The molecule has 0 aliphatic rings. The molecular formula is C9H12N2. The number of hydrogen-bond donors (Lipinski definition) is 0. The fourth-order valence-electron chi connectivity index (χ4n) is 0.848. The molecule has 0 saturated carbocycles. The number of hydrogen-bond acceptors (Lipinski definition) is 1. The van der Waals surface area contributed by atoms with Crippen molar-refractivity contribution in [1.29, 1.82) is 0 Å². The Kier molecular flexibility index (Phi) is 2.32. The van der Waals surface area contributed by atoms with Gasteiger partial charge in [0, 0.05) is 12.2 Å². The Morgan fingerprint density at radius 2 is 2.55 bits per heavy atom.